The molecule has 1 atom stereocenters. The van der Waals surface area contributed by atoms with E-state index < -0.39 is 0 Å². The molecule has 1 saturated heterocycles. The van der Waals surface area contributed by atoms with Crippen LogP contribution in [0.25, 0.3) is 0 Å². The van der Waals surface area contributed by atoms with Crippen LogP contribution in [-0.4, -0.2) is 42.5 Å². The van der Waals surface area contributed by atoms with Crippen LogP contribution in [0.3, 0.4) is 0 Å². The molecule has 6 heteroatoms. The van der Waals surface area contributed by atoms with Crippen molar-refractivity contribution in [2.45, 2.75) is 6.10 Å². The van der Waals surface area contributed by atoms with E-state index in [1.54, 1.807) is 6.07 Å². The van der Waals surface area contributed by atoms with Gasteiger partial charge in [0.25, 0.3) is 0 Å². The number of aliphatic hydroxyl groups is 1. The molecule has 0 amide bonds. The molecule has 0 saturated carbocycles. The van der Waals surface area contributed by atoms with Crippen molar-refractivity contribution in [1.29, 1.82) is 5.26 Å². The first-order chi connectivity index (χ1) is 8.24. The number of rotatable bonds is 2. The molecule has 17 heavy (non-hydrogen) atoms. The summed E-state index contributed by atoms with van der Waals surface area (Å²) in [4.78, 5) is 6.12. The molecule has 2 rings (SSSR count). The fraction of sp³-hybridized carbons (Fsp3) is 0.455. The highest BCUT2D eigenvalue weighted by atomic mass is 16.5. The molecule has 1 aliphatic rings. The lowest BCUT2D eigenvalue weighted by Gasteiger charge is -2.33. The Hall–Kier alpha value is -1.84. The highest BCUT2D eigenvalue weighted by Crippen LogP contribution is 2.21. The Labute approximate surface area is 99.2 Å². The summed E-state index contributed by atoms with van der Waals surface area (Å²) >= 11 is 0. The largest absolute Gasteiger partial charge is 0.397 e. The van der Waals surface area contributed by atoms with E-state index in [2.05, 4.69) is 11.1 Å². The van der Waals surface area contributed by atoms with Gasteiger partial charge in [0, 0.05) is 13.1 Å². The van der Waals surface area contributed by atoms with Crippen LogP contribution in [0.1, 0.15) is 5.56 Å². The zero-order valence-corrected chi connectivity index (χ0v) is 9.33. The first-order valence-corrected chi connectivity index (χ1v) is 5.37. The number of nitrogens with zero attached hydrogens (tertiary/aromatic N) is 3. The van der Waals surface area contributed by atoms with Gasteiger partial charge >= 0.3 is 0 Å². The van der Waals surface area contributed by atoms with Crippen molar-refractivity contribution in [2.75, 3.05) is 36.9 Å². The number of ether oxygens (including phenoxy) is 1. The standard InChI is InChI=1S/C11H14N4O2/c12-4-8-3-9(13)5-14-11(8)15-1-2-17-10(6-15)7-16/h3,5,10,16H,1-2,6-7,13H2. The molecule has 0 spiro atoms. The summed E-state index contributed by atoms with van der Waals surface area (Å²) in [5.74, 6) is 0.600. The number of pyridine rings is 1. The monoisotopic (exact) mass is 234 g/mol. The van der Waals surface area contributed by atoms with Gasteiger partial charge in [0.15, 0.2) is 0 Å². The maximum absolute atomic E-state index is 9.07. The van der Waals surface area contributed by atoms with Gasteiger partial charge in [-0.2, -0.15) is 5.26 Å². The average Bonchev–Trinajstić information content (AvgIpc) is 2.38. The summed E-state index contributed by atoms with van der Waals surface area (Å²) in [6, 6.07) is 3.68. The Bertz CT molecular complexity index is 444. The van der Waals surface area contributed by atoms with E-state index in [9.17, 15) is 0 Å². The van der Waals surface area contributed by atoms with E-state index in [-0.39, 0.29) is 12.7 Å². The predicted octanol–water partition coefficient (Wildman–Crippen LogP) is -0.267. The smallest absolute Gasteiger partial charge is 0.146 e. The zero-order valence-electron chi connectivity index (χ0n) is 9.33. The molecule has 0 radical (unpaired) electrons. The lowest BCUT2D eigenvalue weighted by atomic mass is 10.2. The van der Waals surface area contributed by atoms with Crippen molar-refractivity contribution in [3.8, 4) is 6.07 Å². The number of nitrogen functional groups attached to an aromatic ring is 1. The van der Waals surface area contributed by atoms with Gasteiger partial charge in [-0.1, -0.05) is 0 Å². The highest BCUT2D eigenvalue weighted by molar-refractivity contribution is 5.59. The second-order valence-electron chi connectivity index (χ2n) is 3.87. The van der Waals surface area contributed by atoms with E-state index in [4.69, 9.17) is 20.8 Å². The number of aromatic nitrogens is 1. The van der Waals surface area contributed by atoms with Gasteiger partial charge in [-0.05, 0) is 6.07 Å². The molecule has 1 aliphatic heterocycles. The summed E-state index contributed by atoms with van der Waals surface area (Å²) in [5, 5.41) is 18.1. The summed E-state index contributed by atoms with van der Waals surface area (Å²) < 4.78 is 5.35. The zero-order chi connectivity index (χ0) is 12.3. The van der Waals surface area contributed by atoms with Crippen LogP contribution in [-0.2, 0) is 4.74 Å². The molecule has 6 nitrogen and oxygen atoms in total. The molecule has 1 aromatic rings. The molecule has 1 aromatic heterocycles. The van der Waals surface area contributed by atoms with Crippen LogP contribution in [0.4, 0.5) is 11.5 Å². The van der Waals surface area contributed by atoms with E-state index in [0.29, 0.717) is 36.8 Å². The number of hydrogen-bond donors (Lipinski definition) is 2. The molecular formula is C11H14N4O2. The maximum Gasteiger partial charge on any atom is 0.146 e. The molecule has 1 fully saturated rings. The van der Waals surface area contributed by atoms with Gasteiger partial charge in [0.2, 0.25) is 0 Å². The lowest BCUT2D eigenvalue weighted by Crippen LogP contribution is -2.44. The SMILES string of the molecule is N#Cc1cc(N)cnc1N1CCOC(CO)C1. The number of nitriles is 1. The van der Waals surface area contributed by atoms with Crippen LogP contribution in [0.15, 0.2) is 12.3 Å². The summed E-state index contributed by atoms with van der Waals surface area (Å²) in [5.41, 5.74) is 6.51. The van der Waals surface area contributed by atoms with Crippen LogP contribution in [0.2, 0.25) is 0 Å². The maximum atomic E-state index is 9.07. The molecule has 90 valence electrons. The van der Waals surface area contributed by atoms with Gasteiger partial charge in [-0.3, -0.25) is 0 Å². The molecule has 1 unspecified atom stereocenters. The van der Waals surface area contributed by atoms with Crippen LogP contribution in [0.5, 0.6) is 0 Å². The van der Waals surface area contributed by atoms with E-state index in [0.717, 1.165) is 0 Å². The van der Waals surface area contributed by atoms with Crippen LogP contribution >= 0.6 is 0 Å². The minimum atomic E-state index is -0.227. The Kier molecular flexibility index (Phi) is 3.42. The topological polar surface area (TPSA) is 95.4 Å². The highest BCUT2D eigenvalue weighted by Gasteiger charge is 2.22. The third kappa shape index (κ3) is 2.46. The number of aliphatic hydroxyl groups excluding tert-OH is 1. The van der Waals surface area contributed by atoms with Crippen LogP contribution < -0.4 is 10.6 Å². The third-order valence-electron chi connectivity index (χ3n) is 2.65. The third-order valence-corrected chi connectivity index (χ3v) is 2.65. The van der Waals surface area contributed by atoms with Crippen molar-refractivity contribution in [3.05, 3.63) is 17.8 Å². The summed E-state index contributed by atoms with van der Waals surface area (Å²) in [6.07, 6.45) is 1.30. The molecule has 0 bridgehead atoms. The summed E-state index contributed by atoms with van der Waals surface area (Å²) in [7, 11) is 0. The van der Waals surface area contributed by atoms with Crippen molar-refractivity contribution in [2.24, 2.45) is 0 Å². The van der Waals surface area contributed by atoms with Crippen molar-refractivity contribution >= 4 is 11.5 Å². The normalized spacial score (nSPS) is 20.0. The molecular weight excluding hydrogens is 220 g/mol. The number of anilines is 2. The van der Waals surface area contributed by atoms with Gasteiger partial charge < -0.3 is 20.5 Å². The molecule has 0 aromatic carbocycles. The lowest BCUT2D eigenvalue weighted by molar-refractivity contribution is 0.00335. The number of morpholine rings is 1. The van der Waals surface area contributed by atoms with Crippen molar-refractivity contribution in [3.63, 3.8) is 0 Å². The first-order valence-electron chi connectivity index (χ1n) is 5.37. The fourth-order valence-electron chi connectivity index (χ4n) is 1.83. The average molecular weight is 234 g/mol. The Morgan fingerprint density at radius 3 is 3.24 bits per heavy atom. The number of hydrogen-bond acceptors (Lipinski definition) is 6. The molecule has 0 aliphatic carbocycles. The van der Waals surface area contributed by atoms with Crippen molar-refractivity contribution < 1.29 is 9.84 Å². The fourth-order valence-corrected chi connectivity index (χ4v) is 1.83. The quantitative estimate of drug-likeness (QED) is 0.731. The van der Waals surface area contributed by atoms with Gasteiger partial charge in [-0.15, -0.1) is 0 Å². The minimum absolute atomic E-state index is 0.0344. The Morgan fingerprint density at radius 1 is 1.71 bits per heavy atom. The second kappa shape index (κ2) is 4.99. The second-order valence-corrected chi connectivity index (χ2v) is 3.87. The molecule has 2 heterocycles. The molecule has 3 N–H and O–H groups in total. The van der Waals surface area contributed by atoms with Crippen molar-refractivity contribution in [1.82, 2.24) is 4.98 Å². The van der Waals surface area contributed by atoms with Gasteiger partial charge in [0.1, 0.15) is 11.9 Å². The number of nitrogens with two attached hydrogens (primary N) is 1. The Balaban J connectivity index is 2.24. The predicted molar refractivity (Wildman–Crippen MR) is 62.4 cm³/mol. The minimum Gasteiger partial charge on any atom is -0.397 e. The first kappa shape index (κ1) is 11.6. The van der Waals surface area contributed by atoms with E-state index >= 15 is 0 Å². The van der Waals surface area contributed by atoms with Crippen LogP contribution in [0, 0.1) is 11.3 Å². The van der Waals surface area contributed by atoms with E-state index in [1.165, 1.54) is 6.20 Å². The summed E-state index contributed by atoms with van der Waals surface area (Å²) in [6.45, 7) is 1.67. The van der Waals surface area contributed by atoms with Gasteiger partial charge in [-0.25, -0.2) is 4.98 Å². The Morgan fingerprint density at radius 2 is 2.53 bits per heavy atom. The van der Waals surface area contributed by atoms with Gasteiger partial charge in [0.05, 0.1) is 36.8 Å². The van der Waals surface area contributed by atoms with E-state index in [1.807, 2.05) is 4.90 Å².